The van der Waals surface area contributed by atoms with E-state index in [1.54, 1.807) is 18.4 Å². The van der Waals surface area contributed by atoms with Gasteiger partial charge in [0, 0.05) is 41.5 Å². The Morgan fingerprint density at radius 1 is 0.958 bits per heavy atom. The normalized spacial score (nSPS) is 38.8. The molecule has 9 rings (SSSR count). The molecule has 254 valence electrons. The van der Waals surface area contributed by atoms with E-state index in [0.29, 0.717) is 31.7 Å². The minimum absolute atomic E-state index is 0.0132. The van der Waals surface area contributed by atoms with Crippen LogP contribution in [-0.4, -0.2) is 68.6 Å². The molecule has 3 fully saturated rings. The first-order chi connectivity index (χ1) is 23.0. The first kappa shape index (κ1) is 32.2. The monoisotopic (exact) mass is 651 g/mol. The van der Waals surface area contributed by atoms with Gasteiger partial charge in [-0.25, -0.2) is 0 Å². The third-order valence-electron chi connectivity index (χ3n) is 14.1. The first-order valence-electron chi connectivity index (χ1n) is 17.9. The topological polar surface area (TPSA) is 114 Å². The number of ketones is 1. The Kier molecular flexibility index (Phi) is 7.52. The van der Waals surface area contributed by atoms with Crippen LogP contribution in [0.25, 0.3) is 10.8 Å². The van der Waals surface area contributed by atoms with Gasteiger partial charge in [-0.15, -0.1) is 0 Å². The van der Waals surface area contributed by atoms with Gasteiger partial charge in [-0.05, 0) is 90.7 Å². The number of allylic oxidation sites excluding steroid dienone is 4. The largest absolute Gasteiger partial charge is 0.461 e. The Morgan fingerprint density at radius 2 is 1.71 bits per heavy atom. The quantitative estimate of drug-likeness (QED) is 0.164. The van der Waals surface area contributed by atoms with Crippen molar-refractivity contribution in [3.05, 3.63) is 96.0 Å². The lowest BCUT2D eigenvalue weighted by Gasteiger charge is -2.71. The fourth-order valence-corrected chi connectivity index (χ4v) is 11.7. The first-order valence-corrected chi connectivity index (χ1v) is 17.9. The SMILES string of the molecule is C[C@]12CC[C@H]3[C@]4(C=C[C@@]5(C=C4C(=O)c4ccco4)CC(O)CC[C@]35C)[C@@H]1CC[C@@]2(O)CN(Cc1cccc2ccccc12)C[C@H](O)CO. The smallest absolute Gasteiger partial charge is 0.224 e. The van der Waals surface area contributed by atoms with Gasteiger partial charge in [0.1, 0.15) is 0 Å². The highest BCUT2D eigenvalue weighted by Crippen LogP contribution is 2.78. The number of nitrogens with zero attached hydrogens (tertiary/aromatic N) is 1. The van der Waals surface area contributed by atoms with E-state index in [4.69, 9.17) is 4.42 Å². The molecule has 2 bridgehead atoms. The highest BCUT2D eigenvalue weighted by molar-refractivity contribution is 6.08. The van der Waals surface area contributed by atoms with Crippen molar-refractivity contribution in [2.45, 2.75) is 83.1 Å². The summed E-state index contributed by atoms with van der Waals surface area (Å²) in [5.74, 6) is 0.466. The Bertz CT molecular complexity index is 1780. The van der Waals surface area contributed by atoms with Crippen molar-refractivity contribution in [1.29, 1.82) is 0 Å². The molecule has 1 aromatic heterocycles. The van der Waals surface area contributed by atoms with E-state index in [-0.39, 0.29) is 36.2 Å². The molecule has 0 amide bonds. The summed E-state index contributed by atoms with van der Waals surface area (Å²) in [6.07, 6.45) is 12.4. The molecule has 2 aromatic carbocycles. The fourth-order valence-electron chi connectivity index (χ4n) is 11.7. The molecule has 2 spiro atoms. The lowest BCUT2D eigenvalue weighted by molar-refractivity contribution is -0.177. The van der Waals surface area contributed by atoms with Crippen molar-refractivity contribution in [2.75, 3.05) is 19.7 Å². The molecule has 6 aliphatic rings. The summed E-state index contributed by atoms with van der Waals surface area (Å²) in [7, 11) is 0. The fraction of sp³-hybridized carbons (Fsp3) is 0.537. The molecule has 7 nitrogen and oxygen atoms in total. The number of carbonyl (C=O) groups is 1. The molecule has 3 aromatic rings. The van der Waals surface area contributed by atoms with Crippen molar-refractivity contribution < 1.29 is 29.6 Å². The summed E-state index contributed by atoms with van der Waals surface area (Å²) in [6, 6.07) is 18.0. The van der Waals surface area contributed by atoms with E-state index < -0.39 is 34.1 Å². The average Bonchev–Trinajstić information content (AvgIpc) is 3.71. The van der Waals surface area contributed by atoms with E-state index in [1.807, 2.05) is 18.2 Å². The molecule has 7 heteroatoms. The predicted molar refractivity (Wildman–Crippen MR) is 184 cm³/mol. The lowest BCUT2D eigenvalue weighted by atomic mass is 9.32. The summed E-state index contributed by atoms with van der Waals surface area (Å²) in [6.45, 7) is 5.39. The van der Waals surface area contributed by atoms with Crippen LogP contribution in [0.15, 0.2) is 89.1 Å². The van der Waals surface area contributed by atoms with E-state index in [1.165, 1.54) is 0 Å². The Labute approximate surface area is 283 Å². The molecule has 3 saturated carbocycles. The second kappa shape index (κ2) is 11.2. The van der Waals surface area contributed by atoms with E-state index in [2.05, 4.69) is 61.2 Å². The number of rotatable bonds is 9. The predicted octanol–water partition coefficient (Wildman–Crippen LogP) is 6.06. The second-order valence-corrected chi connectivity index (χ2v) is 16.3. The van der Waals surface area contributed by atoms with Crippen molar-refractivity contribution in [3.63, 3.8) is 0 Å². The number of hydrogen-bond donors (Lipinski definition) is 4. The number of aliphatic hydroxyl groups is 4. The average molecular weight is 652 g/mol. The van der Waals surface area contributed by atoms with Crippen LogP contribution < -0.4 is 0 Å². The van der Waals surface area contributed by atoms with Crippen LogP contribution >= 0.6 is 0 Å². The molecular formula is C41H49NO6. The Morgan fingerprint density at radius 3 is 2.50 bits per heavy atom. The maximum Gasteiger partial charge on any atom is 0.224 e. The van der Waals surface area contributed by atoms with E-state index in [9.17, 15) is 25.2 Å². The van der Waals surface area contributed by atoms with Crippen molar-refractivity contribution in [1.82, 2.24) is 4.90 Å². The van der Waals surface area contributed by atoms with Gasteiger partial charge in [-0.1, -0.05) is 74.5 Å². The van der Waals surface area contributed by atoms with Crippen LogP contribution in [0.5, 0.6) is 0 Å². The molecule has 0 aliphatic heterocycles. The highest BCUT2D eigenvalue weighted by atomic mass is 16.3. The van der Waals surface area contributed by atoms with Crippen LogP contribution in [-0.2, 0) is 6.54 Å². The third kappa shape index (κ3) is 4.40. The number of Topliss-reactive ketones (excluding diaryl/α,β-unsaturated/α-hetero) is 1. The van der Waals surface area contributed by atoms with Gasteiger partial charge in [-0.2, -0.15) is 0 Å². The second-order valence-electron chi connectivity index (χ2n) is 16.3. The molecule has 0 saturated heterocycles. The molecule has 1 heterocycles. The molecule has 9 atom stereocenters. The third-order valence-corrected chi connectivity index (χ3v) is 14.1. The molecule has 1 unspecified atom stereocenters. The number of hydrogen-bond acceptors (Lipinski definition) is 7. The number of carbonyl (C=O) groups excluding carboxylic acids is 1. The summed E-state index contributed by atoms with van der Waals surface area (Å²) in [4.78, 5) is 16.6. The number of benzene rings is 2. The number of furan rings is 1. The van der Waals surface area contributed by atoms with Gasteiger partial charge in [0.15, 0.2) is 5.76 Å². The van der Waals surface area contributed by atoms with Gasteiger partial charge in [-0.3, -0.25) is 9.69 Å². The van der Waals surface area contributed by atoms with Crippen molar-refractivity contribution in [3.8, 4) is 0 Å². The zero-order chi connectivity index (χ0) is 33.5. The van der Waals surface area contributed by atoms with Gasteiger partial charge in [0.25, 0.3) is 0 Å². The molecule has 6 aliphatic carbocycles. The van der Waals surface area contributed by atoms with E-state index >= 15 is 0 Å². The van der Waals surface area contributed by atoms with Gasteiger partial charge in [0.2, 0.25) is 5.78 Å². The molecule has 4 N–H and O–H groups in total. The molecule has 48 heavy (non-hydrogen) atoms. The summed E-state index contributed by atoms with van der Waals surface area (Å²) >= 11 is 0. The zero-order valence-electron chi connectivity index (χ0n) is 28.1. The van der Waals surface area contributed by atoms with Crippen molar-refractivity contribution >= 4 is 16.6 Å². The number of aliphatic hydroxyl groups excluding tert-OH is 3. The lowest BCUT2D eigenvalue weighted by Crippen LogP contribution is -2.67. The summed E-state index contributed by atoms with van der Waals surface area (Å²) in [5.41, 5.74) is -0.775. The summed E-state index contributed by atoms with van der Waals surface area (Å²) < 4.78 is 5.71. The standard InChI is InChI=1S/C41H49NO6/c1-37-15-12-29(44)21-39(37)18-19-41(32(22-39)36(46)33-11-6-20-48-33)34(37)13-16-38(2)35(41)14-17-40(38,47)26-42(24-30(45)25-43)23-28-9-5-8-27-7-3-4-10-31(27)28/h3-11,18-20,22,29-30,34-35,43-45,47H,12-17,21,23-26H2,1-2H3/t29?,30-,34+,35+,37+,38-,39-,40+,41+/m0/s1. The Balaban J connectivity index is 1.19. The number of fused-ring (bicyclic) bond motifs is 2. The van der Waals surface area contributed by atoms with Crippen LogP contribution in [0.4, 0.5) is 0 Å². The van der Waals surface area contributed by atoms with Crippen LogP contribution in [0.1, 0.15) is 74.9 Å². The zero-order valence-corrected chi connectivity index (χ0v) is 28.1. The maximum atomic E-state index is 14.5. The minimum atomic E-state index is -1.08. The van der Waals surface area contributed by atoms with Crippen LogP contribution in [0.2, 0.25) is 0 Å². The van der Waals surface area contributed by atoms with Crippen molar-refractivity contribution in [2.24, 2.45) is 33.5 Å². The highest BCUT2D eigenvalue weighted by Gasteiger charge is 2.74. The van der Waals surface area contributed by atoms with E-state index in [0.717, 1.165) is 54.0 Å². The summed E-state index contributed by atoms with van der Waals surface area (Å²) in [5, 5.41) is 46.8. The maximum absolute atomic E-state index is 14.5. The Hall–Kier alpha value is -3.07. The minimum Gasteiger partial charge on any atom is -0.461 e. The molecule has 0 radical (unpaired) electrons. The van der Waals surface area contributed by atoms with Gasteiger partial charge < -0.3 is 24.8 Å². The molecular weight excluding hydrogens is 602 g/mol. The van der Waals surface area contributed by atoms with Gasteiger partial charge >= 0.3 is 0 Å². The van der Waals surface area contributed by atoms with Crippen LogP contribution in [0.3, 0.4) is 0 Å². The van der Waals surface area contributed by atoms with Crippen LogP contribution in [0, 0.1) is 33.5 Å². The van der Waals surface area contributed by atoms with Gasteiger partial charge in [0.05, 0.1) is 30.7 Å².